The van der Waals surface area contributed by atoms with Gasteiger partial charge in [0, 0.05) is 59.0 Å². The van der Waals surface area contributed by atoms with Gasteiger partial charge in [0.1, 0.15) is 6.26 Å². The van der Waals surface area contributed by atoms with Gasteiger partial charge in [-0.15, -0.1) is 0 Å². The minimum Gasteiger partial charge on any atom is -0.345 e. The van der Waals surface area contributed by atoms with E-state index in [0.29, 0.717) is 0 Å². The van der Waals surface area contributed by atoms with E-state index in [-0.39, 0.29) is 5.41 Å². The van der Waals surface area contributed by atoms with Crippen LogP contribution in [0.2, 0.25) is 0 Å². The molecule has 0 atom stereocenters. The summed E-state index contributed by atoms with van der Waals surface area (Å²) < 4.78 is 11.3. The van der Waals surface area contributed by atoms with Crippen LogP contribution in [0.1, 0.15) is 58.9 Å². The average Bonchev–Trinajstić information content (AvgIpc) is 3.26. The maximum absolute atomic E-state index is 6.58. The van der Waals surface area contributed by atoms with Crippen LogP contribution in [0.5, 0.6) is 0 Å². The van der Waals surface area contributed by atoms with Crippen LogP contribution in [0, 0.1) is 27.7 Å². The van der Waals surface area contributed by atoms with Crippen molar-refractivity contribution >= 4 is 28.7 Å². The smallest absolute Gasteiger partial charge is 0.127 e. The van der Waals surface area contributed by atoms with Crippen molar-refractivity contribution in [1.29, 1.82) is 0 Å². The van der Waals surface area contributed by atoms with Gasteiger partial charge in [-0.3, -0.25) is 0 Å². The molecule has 1 aliphatic rings. The molecule has 5 heteroatoms. The van der Waals surface area contributed by atoms with Crippen LogP contribution in [0.25, 0.3) is 0 Å². The van der Waals surface area contributed by atoms with Crippen molar-refractivity contribution in [2.24, 2.45) is 0 Å². The van der Waals surface area contributed by atoms with Crippen molar-refractivity contribution in [3.05, 3.63) is 106 Å². The van der Waals surface area contributed by atoms with Crippen molar-refractivity contribution in [3.63, 3.8) is 0 Å². The largest absolute Gasteiger partial charge is 0.345 e. The monoisotopic (exact) mass is 502 g/mol. The Morgan fingerprint density at radius 3 is 1.40 bits per heavy atom. The summed E-state index contributed by atoms with van der Waals surface area (Å²) in [5, 5.41) is 2.53. The number of aromatic nitrogens is 2. The molecule has 0 amide bonds. The van der Waals surface area contributed by atoms with Crippen LogP contribution in [0.4, 0.5) is 0 Å². The summed E-state index contributed by atoms with van der Waals surface area (Å²) in [5.74, 6) is 0. The van der Waals surface area contributed by atoms with E-state index in [1.165, 1.54) is 55.6 Å². The Morgan fingerprint density at radius 2 is 1.06 bits per heavy atom. The molecule has 1 aliphatic heterocycles. The zero-order valence-electron chi connectivity index (χ0n) is 21.8. The van der Waals surface area contributed by atoms with Crippen molar-refractivity contribution in [1.82, 2.24) is 9.13 Å². The first-order chi connectivity index (χ1) is 16.6. The minimum atomic E-state index is -2.46. The van der Waals surface area contributed by atoms with Crippen molar-refractivity contribution < 1.29 is 4.52 Å². The molecule has 0 aliphatic carbocycles. The Balaban J connectivity index is 1.75. The van der Waals surface area contributed by atoms with Crippen LogP contribution in [0.15, 0.2) is 60.7 Å². The summed E-state index contributed by atoms with van der Waals surface area (Å²) in [6.07, 6.45) is -2.46. The Hall–Kier alpha value is -2.39. The average molecular weight is 503 g/mol. The molecule has 0 radical (unpaired) electrons. The van der Waals surface area contributed by atoms with Crippen molar-refractivity contribution in [2.75, 3.05) is 7.11 Å². The van der Waals surface area contributed by atoms with Gasteiger partial charge in [-0.1, -0.05) is 86.3 Å². The van der Waals surface area contributed by atoms with Gasteiger partial charge in [-0.05, 0) is 49.9 Å². The van der Waals surface area contributed by atoms with Crippen LogP contribution >= 0.6 is 6.26 Å². The Morgan fingerprint density at radius 1 is 0.686 bits per heavy atom. The van der Waals surface area contributed by atoms with E-state index in [1.54, 1.807) is 0 Å². The van der Waals surface area contributed by atoms with Crippen molar-refractivity contribution in [3.8, 4) is 0 Å². The molecule has 5 rings (SSSR count). The van der Waals surface area contributed by atoms with Gasteiger partial charge >= 0.3 is 0 Å². The molecule has 0 saturated heterocycles. The summed E-state index contributed by atoms with van der Waals surface area (Å²) in [6, 6.07) is 21.4. The highest BCUT2D eigenvalue weighted by Gasteiger charge is 2.49. The van der Waals surface area contributed by atoms with Crippen LogP contribution in [-0.2, 0) is 34.8 Å². The van der Waals surface area contributed by atoms with E-state index in [4.69, 9.17) is 16.3 Å². The predicted octanol–water partition coefficient (Wildman–Crippen LogP) is 6.25. The second-order valence-electron chi connectivity index (χ2n) is 10.3. The Kier molecular flexibility index (Phi) is 5.99. The molecule has 0 spiro atoms. The van der Waals surface area contributed by atoms with Gasteiger partial charge in [-0.2, -0.15) is 0 Å². The highest BCUT2D eigenvalue weighted by atomic mass is 32.4. The Bertz CT molecular complexity index is 1360. The van der Waals surface area contributed by atoms with Crippen LogP contribution in [0.3, 0.4) is 0 Å². The molecule has 0 N–H and O–H groups in total. The molecule has 35 heavy (non-hydrogen) atoms. The number of rotatable bonds is 5. The second-order valence-corrected chi connectivity index (χ2v) is 14.2. The van der Waals surface area contributed by atoms with Gasteiger partial charge in [0.15, 0.2) is 0 Å². The molecule has 4 aromatic rings. The minimum absolute atomic E-state index is 0.168. The first-order valence-corrected chi connectivity index (χ1v) is 15.0. The molecular formula is C30H35N2OPS. The predicted molar refractivity (Wildman–Crippen MR) is 152 cm³/mol. The Labute approximate surface area is 214 Å². The molecule has 0 bridgehead atoms. The van der Waals surface area contributed by atoms with E-state index in [2.05, 4.69) is 111 Å². The summed E-state index contributed by atoms with van der Waals surface area (Å²) >= 11 is 6.58. The number of hydrogen-bond acceptors (Lipinski definition) is 2. The van der Waals surface area contributed by atoms with Crippen molar-refractivity contribution in [2.45, 2.75) is 60.0 Å². The fraction of sp³-hybridized carbons (Fsp3) is 0.333. The van der Waals surface area contributed by atoms with E-state index >= 15 is 0 Å². The molecule has 2 aromatic heterocycles. The fourth-order valence-electron chi connectivity index (χ4n) is 6.38. The molecule has 3 heterocycles. The molecule has 0 unspecified atom stereocenters. The molecular weight excluding hydrogens is 467 g/mol. The zero-order valence-corrected chi connectivity index (χ0v) is 23.6. The molecule has 0 fully saturated rings. The topological polar surface area (TPSA) is 19.1 Å². The lowest BCUT2D eigenvalue weighted by atomic mass is 9.77. The number of benzene rings is 2. The number of fused-ring (bicyclic) bond motifs is 2. The molecule has 182 valence electrons. The van der Waals surface area contributed by atoms with E-state index < -0.39 is 6.26 Å². The second kappa shape index (κ2) is 8.62. The highest BCUT2D eigenvalue weighted by Crippen LogP contribution is 2.57. The summed E-state index contributed by atoms with van der Waals surface area (Å²) in [4.78, 5) is 0. The first-order valence-electron chi connectivity index (χ1n) is 12.3. The van der Waals surface area contributed by atoms with Gasteiger partial charge in [0.05, 0.1) is 0 Å². The number of nitrogens with zero attached hydrogens (tertiary/aromatic N) is 2. The third-order valence-electron chi connectivity index (χ3n) is 7.97. The maximum atomic E-state index is 6.58. The van der Waals surface area contributed by atoms with Crippen LogP contribution in [-0.4, -0.2) is 16.2 Å². The fourth-order valence-corrected chi connectivity index (χ4v) is 10.9. The molecule has 0 saturated carbocycles. The zero-order chi connectivity index (χ0) is 25.1. The standard InChI is InChI=1S/C30H35N2OPS/c1-20-26-28(22(3)31(20)18-24-14-10-8-11-15-24)34(35,33-7)29-23(4)32(19-25-16-12-9-13-17-25)21(2)27(29)30(26,5)6/h8-17H,18-19H2,1-7H3. The quantitative estimate of drug-likeness (QED) is 0.301. The van der Waals surface area contributed by atoms with E-state index in [0.717, 1.165) is 13.1 Å². The third kappa shape index (κ3) is 3.53. The lowest BCUT2D eigenvalue weighted by Gasteiger charge is -2.38. The first kappa shape index (κ1) is 24.3. The van der Waals surface area contributed by atoms with Gasteiger partial charge in [0.25, 0.3) is 0 Å². The van der Waals surface area contributed by atoms with Gasteiger partial charge in [-0.25, -0.2) is 0 Å². The van der Waals surface area contributed by atoms with Crippen LogP contribution < -0.4 is 10.6 Å². The summed E-state index contributed by atoms with van der Waals surface area (Å²) in [5.41, 5.74) is 10.3. The summed E-state index contributed by atoms with van der Waals surface area (Å²) in [7, 11) is 1.82. The lowest BCUT2D eigenvalue weighted by molar-refractivity contribution is 0.469. The molecule has 2 aromatic carbocycles. The lowest BCUT2D eigenvalue weighted by Crippen LogP contribution is -2.40. The number of hydrogen-bond donors (Lipinski definition) is 0. The van der Waals surface area contributed by atoms with Gasteiger partial charge < -0.3 is 13.7 Å². The SMILES string of the molecule is COP1(=S)c2c(c(C)n(Cc3ccccc3)c2C)C(C)(C)c2c1c(C)n(Cc1ccccc1)c2C. The normalized spacial score (nSPS) is 15.6. The third-order valence-corrected chi connectivity index (χ3v) is 12.3. The maximum Gasteiger partial charge on any atom is 0.127 e. The van der Waals surface area contributed by atoms with E-state index in [1.807, 2.05) is 7.11 Å². The molecule has 3 nitrogen and oxygen atoms in total. The van der Waals surface area contributed by atoms with Gasteiger partial charge in [0.2, 0.25) is 0 Å². The van der Waals surface area contributed by atoms with E-state index in [9.17, 15) is 0 Å². The highest BCUT2D eigenvalue weighted by molar-refractivity contribution is 8.19. The summed E-state index contributed by atoms with van der Waals surface area (Å²) in [6.45, 7) is 15.4.